The molecule has 0 amide bonds. The topological polar surface area (TPSA) is 38.7 Å². The summed E-state index contributed by atoms with van der Waals surface area (Å²) in [7, 11) is 0. The van der Waals surface area contributed by atoms with Crippen molar-refractivity contribution < 1.29 is 0 Å². The number of hydrogen-bond acceptors (Lipinski definition) is 3. The second-order valence-corrected chi connectivity index (χ2v) is 15.9. The third-order valence-electron chi connectivity index (χ3n) is 12.3. The van der Waals surface area contributed by atoms with Gasteiger partial charge in [0.1, 0.15) is 0 Å². The Labute approximate surface area is 360 Å². The number of pyridine rings is 1. The van der Waals surface area contributed by atoms with Crippen molar-refractivity contribution >= 4 is 21.5 Å². The summed E-state index contributed by atoms with van der Waals surface area (Å²) in [5.41, 5.74) is 19.4. The van der Waals surface area contributed by atoms with Crippen molar-refractivity contribution in [2.75, 3.05) is 0 Å². The van der Waals surface area contributed by atoms with Crippen LogP contribution in [0.3, 0.4) is 0 Å². The van der Waals surface area contributed by atoms with Gasteiger partial charge in [-0.1, -0.05) is 200 Å². The predicted molar refractivity (Wildman–Crippen MR) is 257 cm³/mol. The summed E-state index contributed by atoms with van der Waals surface area (Å²) in [6.07, 6.45) is 3.69. The summed E-state index contributed by atoms with van der Waals surface area (Å²) in [6, 6.07) is 76.0. The molecule has 0 fully saturated rings. The highest BCUT2D eigenvalue weighted by Gasteiger charge is 2.31. The molecule has 2 aromatic heterocycles. The lowest BCUT2D eigenvalue weighted by atomic mass is 9.82. The first-order chi connectivity index (χ1) is 30.8. The van der Waals surface area contributed by atoms with Gasteiger partial charge in [-0.3, -0.25) is 4.98 Å². The summed E-state index contributed by atoms with van der Waals surface area (Å²) >= 11 is 0. The first-order valence-electron chi connectivity index (χ1n) is 21.1. The molecule has 3 nitrogen and oxygen atoms in total. The number of aromatic nitrogens is 3. The van der Waals surface area contributed by atoms with Crippen LogP contribution in [0.5, 0.6) is 0 Å². The first kappa shape index (κ1) is 35.7. The van der Waals surface area contributed by atoms with Gasteiger partial charge in [0, 0.05) is 34.6 Å². The van der Waals surface area contributed by atoms with E-state index in [1.54, 1.807) is 6.20 Å². The van der Waals surface area contributed by atoms with E-state index in [0.717, 1.165) is 44.8 Å². The van der Waals surface area contributed by atoms with E-state index in [1.807, 2.05) is 24.4 Å². The van der Waals surface area contributed by atoms with Gasteiger partial charge in [-0.05, 0) is 94.9 Å². The molecule has 0 saturated carbocycles. The fraction of sp³-hybridized carbons (Fsp3) is 0. The molecule has 0 unspecified atom stereocenters. The minimum atomic E-state index is 0.675. The summed E-state index contributed by atoms with van der Waals surface area (Å²) in [6.45, 7) is 0. The van der Waals surface area contributed by atoms with Gasteiger partial charge >= 0.3 is 0 Å². The molecule has 0 atom stereocenters. The van der Waals surface area contributed by atoms with E-state index >= 15 is 0 Å². The van der Waals surface area contributed by atoms with E-state index in [2.05, 4.69) is 199 Å². The van der Waals surface area contributed by atoms with E-state index in [0.29, 0.717) is 5.82 Å². The third-order valence-corrected chi connectivity index (χ3v) is 12.3. The van der Waals surface area contributed by atoms with Gasteiger partial charge in [-0.2, -0.15) is 0 Å². The van der Waals surface area contributed by atoms with Crippen LogP contribution in [0.1, 0.15) is 0 Å². The number of nitrogens with zero attached hydrogens (tertiary/aromatic N) is 3. The molecule has 0 N–H and O–H groups in total. The number of benzene rings is 9. The van der Waals surface area contributed by atoms with Crippen LogP contribution in [0.4, 0.5) is 0 Å². The second kappa shape index (κ2) is 14.8. The summed E-state index contributed by atoms with van der Waals surface area (Å²) < 4.78 is 0. The lowest BCUT2D eigenvalue weighted by molar-refractivity contribution is 1.18. The monoisotopic (exact) mass is 787 g/mol. The van der Waals surface area contributed by atoms with Crippen molar-refractivity contribution in [2.45, 2.75) is 0 Å². The van der Waals surface area contributed by atoms with Crippen LogP contribution >= 0.6 is 0 Å². The lowest BCUT2D eigenvalue weighted by Gasteiger charge is -2.20. The Morgan fingerprint density at radius 3 is 1.35 bits per heavy atom. The van der Waals surface area contributed by atoms with Gasteiger partial charge in [0.2, 0.25) is 0 Å². The standard InChI is InChI=1S/C59H37N3/c1-4-16-39(17-5-1)52-36-53(62-59(61-52)49-26-13-10-23-44(49)43-22-15-35-60-37-43)40-31-29-38(30-32-40)45-33-34-51-56-46(45)27-14-28-50(56)57-54(41-18-6-2-7-19-41)47-24-11-12-25-48(47)55(58(51)57)42-20-8-3-9-21-42/h1-37H. The van der Waals surface area contributed by atoms with E-state index in [1.165, 1.54) is 71.6 Å². The Balaban J connectivity index is 1.02. The van der Waals surface area contributed by atoms with Gasteiger partial charge < -0.3 is 0 Å². The van der Waals surface area contributed by atoms with Crippen LogP contribution in [0.2, 0.25) is 0 Å². The largest absolute Gasteiger partial charge is 0.264 e. The zero-order valence-electron chi connectivity index (χ0n) is 33.7. The Hall–Kier alpha value is -8.27. The van der Waals surface area contributed by atoms with E-state index < -0.39 is 0 Å². The number of hydrogen-bond donors (Lipinski definition) is 0. The van der Waals surface area contributed by atoms with Crippen LogP contribution in [-0.2, 0) is 0 Å². The molecular weight excluding hydrogens is 751 g/mol. The lowest BCUT2D eigenvalue weighted by Crippen LogP contribution is -1.97. The van der Waals surface area contributed by atoms with Crippen molar-refractivity contribution in [2.24, 2.45) is 0 Å². The maximum absolute atomic E-state index is 5.25. The van der Waals surface area contributed by atoms with Crippen molar-refractivity contribution in [1.29, 1.82) is 0 Å². The molecule has 9 aromatic carbocycles. The Morgan fingerprint density at radius 1 is 0.274 bits per heavy atom. The van der Waals surface area contributed by atoms with Crippen molar-refractivity contribution in [3.8, 4) is 101 Å². The van der Waals surface area contributed by atoms with E-state index in [4.69, 9.17) is 9.97 Å². The van der Waals surface area contributed by atoms with Crippen LogP contribution in [0.15, 0.2) is 225 Å². The van der Waals surface area contributed by atoms with Gasteiger partial charge in [0.05, 0.1) is 11.4 Å². The summed E-state index contributed by atoms with van der Waals surface area (Å²) in [4.78, 5) is 14.8. The highest BCUT2D eigenvalue weighted by molar-refractivity contribution is 6.28. The maximum atomic E-state index is 5.25. The molecule has 0 bridgehead atoms. The highest BCUT2D eigenvalue weighted by atomic mass is 14.9. The molecule has 62 heavy (non-hydrogen) atoms. The minimum Gasteiger partial charge on any atom is -0.264 e. The molecule has 0 saturated heterocycles. The van der Waals surface area contributed by atoms with Gasteiger partial charge in [-0.25, -0.2) is 9.97 Å². The minimum absolute atomic E-state index is 0.675. The van der Waals surface area contributed by atoms with Crippen LogP contribution in [-0.4, -0.2) is 15.0 Å². The molecule has 0 aliphatic heterocycles. The molecule has 2 heterocycles. The zero-order valence-corrected chi connectivity index (χ0v) is 33.7. The Bertz CT molecular complexity index is 3380. The number of rotatable bonds is 7. The Kier molecular flexibility index (Phi) is 8.50. The van der Waals surface area contributed by atoms with E-state index in [-0.39, 0.29) is 0 Å². The van der Waals surface area contributed by atoms with Crippen molar-refractivity contribution in [3.05, 3.63) is 225 Å². The van der Waals surface area contributed by atoms with Gasteiger partial charge in [0.15, 0.2) is 5.82 Å². The fourth-order valence-electron chi connectivity index (χ4n) is 9.61. The Morgan fingerprint density at radius 2 is 0.742 bits per heavy atom. The van der Waals surface area contributed by atoms with Gasteiger partial charge in [-0.15, -0.1) is 0 Å². The highest BCUT2D eigenvalue weighted by Crippen LogP contribution is 2.58. The fourth-order valence-corrected chi connectivity index (χ4v) is 9.61. The molecule has 11 aromatic rings. The molecule has 288 valence electrons. The summed E-state index contributed by atoms with van der Waals surface area (Å²) in [5, 5.41) is 5.07. The number of fused-ring (bicyclic) bond motifs is 4. The average Bonchev–Trinajstić information content (AvgIpc) is 3.69. The quantitative estimate of drug-likeness (QED) is 0.161. The van der Waals surface area contributed by atoms with Crippen LogP contribution in [0.25, 0.3) is 122 Å². The molecule has 0 radical (unpaired) electrons. The molecule has 1 aliphatic rings. The average molecular weight is 788 g/mol. The third kappa shape index (κ3) is 5.86. The normalized spacial score (nSPS) is 11.5. The van der Waals surface area contributed by atoms with E-state index in [9.17, 15) is 0 Å². The maximum Gasteiger partial charge on any atom is 0.161 e. The summed E-state index contributed by atoms with van der Waals surface area (Å²) in [5.74, 6) is 0.675. The smallest absolute Gasteiger partial charge is 0.161 e. The van der Waals surface area contributed by atoms with Gasteiger partial charge in [0.25, 0.3) is 0 Å². The molecule has 12 rings (SSSR count). The molecule has 0 spiro atoms. The van der Waals surface area contributed by atoms with Crippen LogP contribution < -0.4 is 0 Å². The second-order valence-electron chi connectivity index (χ2n) is 15.9. The van der Waals surface area contributed by atoms with Crippen molar-refractivity contribution in [3.63, 3.8) is 0 Å². The molecule has 1 aliphatic carbocycles. The van der Waals surface area contributed by atoms with Crippen molar-refractivity contribution in [1.82, 2.24) is 15.0 Å². The molecular formula is C59H37N3. The molecule has 3 heteroatoms. The first-order valence-corrected chi connectivity index (χ1v) is 21.1. The van der Waals surface area contributed by atoms with Crippen LogP contribution in [0, 0.1) is 0 Å². The predicted octanol–water partition coefficient (Wildman–Crippen LogP) is 15.5. The SMILES string of the molecule is c1ccc(-c2cc(-c3ccc(-c4ccc5c6c(cccc46)-c4c-5c(-c5ccccc5)c5ccccc5c4-c4ccccc4)cc3)nc(-c3ccccc3-c3cccnc3)n2)cc1. The zero-order chi connectivity index (χ0) is 41.0.